The lowest BCUT2D eigenvalue weighted by atomic mass is 10.2. The van der Waals surface area contributed by atoms with Crippen LogP contribution in [0.2, 0.25) is 0 Å². The summed E-state index contributed by atoms with van der Waals surface area (Å²) in [6.07, 6.45) is 0. The van der Waals surface area contributed by atoms with E-state index in [1.54, 1.807) is 30.3 Å². The molecule has 2 aromatic rings. The van der Waals surface area contributed by atoms with Gasteiger partial charge in [-0.15, -0.1) is 0 Å². The van der Waals surface area contributed by atoms with E-state index in [-0.39, 0.29) is 13.2 Å². The molecular weight excluding hydrogens is 296 g/mol. The summed E-state index contributed by atoms with van der Waals surface area (Å²) in [7, 11) is 0. The summed E-state index contributed by atoms with van der Waals surface area (Å²) in [5.74, 6) is 1.36. The first-order valence-corrected chi connectivity index (χ1v) is 6.29. The van der Waals surface area contributed by atoms with Crippen LogP contribution in [-0.2, 0) is 13.2 Å². The highest BCUT2D eigenvalue weighted by atomic mass is 79.9. The number of hydrogen-bond donors (Lipinski definition) is 2. The Kier molecular flexibility index (Phi) is 4.36. The molecule has 18 heavy (non-hydrogen) atoms. The van der Waals surface area contributed by atoms with Crippen LogP contribution in [0.1, 0.15) is 11.1 Å². The van der Waals surface area contributed by atoms with E-state index in [0.717, 1.165) is 15.6 Å². The van der Waals surface area contributed by atoms with E-state index in [1.807, 2.05) is 12.1 Å². The Bertz CT molecular complexity index is 523. The van der Waals surface area contributed by atoms with Gasteiger partial charge in [0.1, 0.15) is 11.5 Å². The molecule has 0 radical (unpaired) electrons. The Morgan fingerprint density at radius 3 is 2.17 bits per heavy atom. The molecule has 3 nitrogen and oxygen atoms in total. The number of halogens is 1. The van der Waals surface area contributed by atoms with Gasteiger partial charge in [0.15, 0.2) is 0 Å². The first-order chi connectivity index (χ1) is 8.72. The molecule has 0 atom stereocenters. The largest absolute Gasteiger partial charge is 0.457 e. The molecule has 0 aromatic heterocycles. The van der Waals surface area contributed by atoms with Crippen molar-refractivity contribution in [3.8, 4) is 11.5 Å². The number of aliphatic hydroxyl groups excluding tert-OH is 2. The van der Waals surface area contributed by atoms with Gasteiger partial charge in [0.25, 0.3) is 0 Å². The number of aliphatic hydroxyl groups is 2. The summed E-state index contributed by atoms with van der Waals surface area (Å²) in [6, 6.07) is 12.6. The summed E-state index contributed by atoms with van der Waals surface area (Å²) < 4.78 is 6.52. The highest BCUT2D eigenvalue weighted by molar-refractivity contribution is 9.10. The second kappa shape index (κ2) is 6.00. The highest BCUT2D eigenvalue weighted by Gasteiger charge is 2.03. The van der Waals surface area contributed by atoms with Crippen molar-refractivity contribution < 1.29 is 14.9 Å². The molecular formula is C14H13BrO3. The van der Waals surface area contributed by atoms with Crippen molar-refractivity contribution in [2.45, 2.75) is 13.2 Å². The van der Waals surface area contributed by atoms with Crippen LogP contribution < -0.4 is 4.74 Å². The van der Waals surface area contributed by atoms with Gasteiger partial charge in [-0.1, -0.05) is 28.1 Å². The Balaban J connectivity index is 2.17. The van der Waals surface area contributed by atoms with Crippen LogP contribution in [-0.4, -0.2) is 10.2 Å². The van der Waals surface area contributed by atoms with E-state index in [0.29, 0.717) is 11.5 Å². The van der Waals surface area contributed by atoms with E-state index in [9.17, 15) is 0 Å². The Hall–Kier alpha value is -1.36. The van der Waals surface area contributed by atoms with Gasteiger partial charge in [-0.05, 0) is 41.5 Å². The Morgan fingerprint density at radius 1 is 0.889 bits per heavy atom. The van der Waals surface area contributed by atoms with Crippen LogP contribution in [0.25, 0.3) is 0 Å². The van der Waals surface area contributed by atoms with Crippen LogP contribution in [0.15, 0.2) is 46.9 Å². The third-order valence-electron chi connectivity index (χ3n) is 2.53. The minimum absolute atomic E-state index is 0.0211. The Morgan fingerprint density at radius 2 is 1.56 bits per heavy atom. The van der Waals surface area contributed by atoms with Gasteiger partial charge in [0.05, 0.1) is 13.2 Å². The molecule has 4 heteroatoms. The minimum atomic E-state index is -0.0404. The molecule has 0 fully saturated rings. The molecule has 0 saturated heterocycles. The third-order valence-corrected chi connectivity index (χ3v) is 3.30. The molecule has 0 saturated carbocycles. The van der Waals surface area contributed by atoms with Gasteiger partial charge >= 0.3 is 0 Å². The van der Waals surface area contributed by atoms with E-state index in [4.69, 9.17) is 14.9 Å². The maximum absolute atomic E-state index is 9.16. The molecule has 0 aliphatic carbocycles. The van der Waals surface area contributed by atoms with Crippen molar-refractivity contribution in [2.75, 3.05) is 0 Å². The average Bonchev–Trinajstić information content (AvgIpc) is 2.42. The Labute approximate surface area is 114 Å². The van der Waals surface area contributed by atoms with E-state index < -0.39 is 0 Å². The summed E-state index contributed by atoms with van der Waals surface area (Å²) in [6.45, 7) is -0.0194. The van der Waals surface area contributed by atoms with Crippen molar-refractivity contribution in [1.82, 2.24) is 0 Å². The minimum Gasteiger partial charge on any atom is -0.457 e. The standard InChI is InChI=1S/C14H13BrO3/c15-14-6-5-13(7-11(14)9-17)18-12-3-1-10(8-16)2-4-12/h1-7,16-17H,8-9H2. The molecule has 0 bridgehead atoms. The summed E-state index contributed by atoms with van der Waals surface area (Å²) >= 11 is 3.35. The predicted octanol–water partition coefficient (Wildman–Crippen LogP) is 3.23. The van der Waals surface area contributed by atoms with Crippen LogP contribution in [0, 0.1) is 0 Å². The second-order valence-corrected chi connectivity index (χ2v) is 4.67. The molecule has 2 N–H and O–H groups in total. The molecule has 2 aromatic carbocycles. The number of rotatable bonds is 4. The third kappa shape index (κ3) is 3.10. The van der Waals surface area contributed by atoms with Gasteiger partial charge in [-0.25, -0.2) is 0 Å². The fourth-order valence-electron chi connectivity index (χ4n) is 1.53. The molecule has 0 spiro atoms. The van der Waals surface area contributed by atoms with Gasteiger partial charge in [-0.2, -0.15) is 0 Å². The quantitative estimate of drug-likeness (QED) is 0.911. The number of hydrogen-bond acceptors (Lipinski definition) is 3. The predicted molar refractivity (Wildman–Crippen MR) is 72.5 cm³/mol. The topological polar surface area (TPSA) is 49.7 Å². The monoisotopic (exact) mass is 308 g/mol. The van der Waals surface area contributed by atoms with Gasteiger partial charge in [0, 0.05) is 4.47 Å². The zero-order valence-corrected chi connectivity index (χ0v) is 11.2. The molecule has 0 heterocycles. The molecule has 0 aliphatic heterocycles. The second-order valence-electron chi connectivity index (χ2n) is 3.82. The van der Waals surface area contributed by atoms with Crippen LogP contribution >= 0.6 is 15.9 Å². The van der Waals surface area contributed by atoms with Gasteiger partial charge in [0.2, 0.25) is 0 Å². The summed E-state index contributed by atoms with van der Waals surface area (Å²) in [4.78, 5) is 0. The van der Waals surface area contributed by atoms with Gasteiger partial charge in [-0.3, -0.25) is 0 Å². The lowest BCUT2D eigenvalue weighted by molar-refractivity contribution is 0.280. The number of benzene rings is 2. The first-order valence-electron chi connectivity index (χ1n) is 5.50. The van der Waals surface area contributed by atoms with Gasteiger partial charge < -0.3 is 14.9 Å². The average molecular weight is 309 g/mol. The molecule has 0 amide bonds. The van der Waals surface area contributed by atoms with Crippen LogP contribution in [0.3, 0.4) is 0 Å². The van der Waals surface area contributed by atoms with Crippen LogP contribution in [0.5, 0.6) is 11.5 Å². The van der Waals surface area contributed by atoms with E-state index in [1.165, 1.54) is 0 Å². The van der Waals surface area contributed by atoms with Crippen molar-refractivity contribution in [3.05, 3.63) is 58.1 Å². The van der Waals surface area contributed by atoms with E-state index in [2.05, 4.69) is 15.9 Å². The van der Waals surface area contributed by atoms with Crippen LogP contribution in [0.4, 0.5) is 0 Å². The SMILES string of the molecule is OCc1ccc(Oc2ccc(Br)c(CO)c2)cc1. The molecule has 94 valence electrons. The fraction of sp³-hybridized carbons (Fsp3) is 0.143. The smallest absolute Gasteiger partial charge is 0.127 e. The fourth-order valence-corrected chi connectivity index (χ4v) is 1.91. The van der Waals surface area contributed by atoms with Crippen molar-refractivity contribution in [1.29, 1.82) is 0 Å². The molecule has 0 aliphatic rings. The van der Waals surface area contributed by atoms with Crippen molar-refractivity contribution in [2.24, 2.45) is 0 Å². The van der Waals surface area contributed by atoms with E-state index >= 15 is 0 Å². The summed E-state index contributed by atoms with van der Waals surface area (Å²) in [5.41, 5.74) is 1.62. The normalized spacial score (nSPS) is 10.4. The first kappa shape index (κ1) is 13.1. The lowest BCUT2D eigenvalue weighted by Gasteiger charge is -2.08. The zero-order valence-electron chi connectivity index (χ0n) is 9.64. The maximum atomic E-state index is 9.16. The molecule has 2 rings (SSSR count). The molecule has 0 unspecified atom stereocenters. The highest BCUT2D eigenvalue weighted by Crippen LogP contribution is 2.26. The summed E-state index contributed by atoms with van der Waals surface area (Å²) in [5, 5.41) is 18.1. The maximum Gasteiger partial charge on any atom is 0.127 e. The lowest BCUT2D eigenvalue weighted by Crippen LogP contribution is -1.89. The number of ether oxygens (including phenoxy) is 1. The zero-order chi connectivity index (χ0) is 13.0. The van der Waals surface area contributed by atoms with Crippen molar-refractivity contribution >= 4 is 15.9 Å². The van der Waals surface area contributed by atoms with Crippen molar-refractivity contribution in [3.63, 3.8) is 0 Å².